The molecular weight excluding hydrogens is 335 g/mol. The van der Waals surface area contributed by atoms with Crippen LogP contribution in [-0.2, 0) is 0 Å². The monoisotopic (exact) mass is 354 g/mol. The van der Waals surface area contributed by atoms with Crippen LogP contribution in [0.4, 0.5) is 11.4 Å². The van der Waals surface area contributed by atoms with Gasteiger partial charge >= 0.3 is 130 Å². The van der Waals surface area contributed by atoms with E-state index in [-0.39, 0.29) is 15.0 Å². The first-order valence-corrected chi connectivity index (χ1v) is 7.93. The van der Waals surface area contributed by atoms with Crippen molar-refractivity contribution in [2.75, 3.05) is 32.8 Å². The molecule has 0 aromatic heterocycles. The third kappa shape index (κ3) is 3.35. The van der Waals surface area contributed by atoms with Crippen LogP contribution in [0.2, 0.25) is 0 Å². The van der Waals surface area contributed by atoms with Crippen LogP contribution in [0.1, 0.15) is 0 Å². The van der Waals surface area contributed by atoms with Gasteiger partial charge < -0.3 is 0 Å². The normalized spacial score (nSPS) is 10.2. The summed E-state index contributed by atoms with van der Waals surface area (Å²) in [7, 11) is 4.80. The molecule has 0 bridgehead atoms. The molecule has 0 aliphatic heterocycles. The van der Waals surface area contributed by atoms with Crippen LogP contribution < -0.4 is 34.6 Å². The average molecular weight is 353 g/mol. The summed E-state index contributed by atoms with van der Waals surface area (Å²) in [5.41, 5.74) is 12.8. The van der Waals surface area contributed by atoms with Gasteiger partial charge in [0.15, 0.2) is 0 Å². The van der Waals surface area contributed by atoms with Gasteiger partial charge in [0.2, 0.25) is 0 Å². The molecule has 0 unspecified atom stereocenters. The van der Waals surface area contributed by atoms with Gasteiger partial charge in [-0.1, -0.05) is 0 Å². The van der Waals surface area contributed by atoms with Crippen LogP contribution in [-0.4, -0.2) is 36.3 Å². The number of benzene rings is 2. The van der Waals surface area contributed by atoms with E-state index in [1.807, 2.05) is 30.3 Å². The van der Waals surface area contributed by atoms with E-state index in [0.29, 0.717) is 28.6 Å². The molecule has 112 valence electrons. The van der Waals surface area contributed by atoms with E-state index in [0.717, 1.165) is 8.92 Å². The van der Waals surface area contributed by atoms with Gasteiger partial charge in [-0.3, -0.25) is 0 Å². The second-order valence-electron chi connectivity index (χ2n) is 4.25. The standard InChI is InChI=1S/C15H18N2O3Se/c1-18-13-7-10(8-14(19-2)15(13)20-3)21-9-4-5-11(16)12(17)6-9/h4-8H,16-17H2,1-3H3. The van der Waals surface area contributed by atoms with Gasteiger partial charge in [-0.2, -0.15) is 0 Å². The molecule has 0 saturated heterocycles. The van der Waals surface area contributed by atoms with Crippen LogP contribution in [0.25, 0.3) is 0 Å². The van der Waals surface area contributed by atoms with Gasteiger partial charge in [-0.15, -0.1) is 0 Å². The second-order valence-corrected chi connectivity index (χ2v) is 6.66. The van der Waals surface area contributed by atoms with Crippen LogP contribution in [0.15, 0.2) is 30.3 Å². The van der Waals surface area contributed by atoms with Crippen LogP contribution in [0, 0.1) is 0 Å². The average Bonchev–Trinajstić information content (AvgIpc) is 2.49. The number of rotatable bonds is 5. The Labute approximate surface area is 130 Å². The maximum absolute atomic E-state index is 5.85. The van der Waals surface area contributed by atoms with E-state index < -0.39 is 0 Å². The molecule has 0 radical (unpaired) electrons. The summed E-state index contributed by atoms with van der Waals surface area (Å²) in [6, 6.07) is 9.61. The summed E-state index contributed by atoms with van der Waals surface area (Å²) in [5, 5.41) is 0. The van der Waals surface area contributed by atoms with Crippen molar-refractivity contribution in [2.45, 2.75) is 0 Å². The van der Waals surface area contributed by atoms with E-state index in [9.17, 15) is 0 Å². The van der Waals surface area contributed by atoms with Crippen molar-refractivity contribution in [2.24, 2.45) is 0 Å². The van der Waals surface area contributed by atoms with E-state index in [1.54, 1.807) is 21.3 Å². The molecule has 0 saturated carbocycles. The zero-order chi connectivity index (χ0) is 15.4. The molecule has 5 nitrogen and oxygen atoms in total. The predicted octanol–water partition coefficient (Wildman–Crippen LogP) is 0.532. The molecule has 4 N–H and O–H groups in total. The minimum atomic E-state index is 0.0641. The van der Waals surface area contributed by atoms with E-state index >= 15 is 0 Å². The molecule has 2 aromatic rings. The Bertz CT molecular complexity index is 622. The molecule has 0 atom stereocenters. The Morgan fingerprint density at radius 2 is 1.38 bits per heavy atom. The van der Waals surface area contributed by atoms with Crippen molar-refractivity contribution >= 4 is 35.3 Å². The van der Waals surface area contributed by atoms with Crippen molar-refractivity contribution in [3.63, 3.8) is 0 Å². The number of ether oxygens (including phenoxy) is 3. The van der Waals surface area contributed by atoms with Crippen molar-refractivity contribution in [3.8, 4) is 17.2 Å². The van der Waals surface area contributed by atoms with Gasteiger partial charge in [0.25, 0.3) is 0 Å². The molecule has 2 aromatic carbocycles. The van der Waals surface area contributed by atoms with Crippen molar-refractivity contribution in [1.82, 2.24) is 0 Å². The molecular formula is C15H18N2O3Se. The Hall–Kier alpha value is -2.04. The maximum atomic E-state index is 5.85. The Morgan fingerprint density at radius 3 is 1.86 bits per heavy atom. The summed E-state index contributed by atoms with van der Waals surface area (Å²) in [4.78, 5) is 0. The molecule has 21 heavy (non-hydrogen) atoms. The molecule has 0 aliphatic rings. The fourth-order valence-corrected chi connectivity index (χ4v) is 3.81. The number of nitrogens with two attached hydrogens (primary N) is 2. The van der Waals surface area contributed by atoms with E-state index in [2.05, 4.69) is 0 Å². The number of anilines is 2. The van der Waals surface area contributed by atoms with Gasteiger partial charge in [0.1, 0.15) is 0 Å². The van der Waals surface area contributed by atoms with Gasteiger partial charge in [-0.25, -0.2) is 0 Å². The summed E-state index contributed by atoms with van der Waals surface area (Å²) in [6.07, 6.45) is 0. The van der Waals surface area contributed by atoms with Gasteiger partial charge in [0, 0.05) is 0 Å². The third-order valence-electron chi connectivity index (χ3n) is 2.93. The van der Waals surface area contributed by atoms with Crippen molar-refractivity contribution < 1.29 is 14.2 Å². The first-order chi connectivity index (χ1) is 10.1. The quantitative estimate of drug-likeness (QED) is 0.606. The summed E-state index contributed by atoms with van der Waals surface area (Å²) < 4.78 is 18.3. The number of hydrogen-bond acceptors (Lipinski definition) is 5. The molecule has 0 spiro atoms. The van der Waals surface area contributed by atoms with Crippen LogP contribution in [0.5, 0.6) is 17.2 Å². The Balaban J connectivity index is 2.37. The fraction of sp³-hybridized carbons (Fsp3) is 0.200. The van der Waals surface area contributed by atoms with Gasteiger partial charge in [0.05, 0.1) is 0 Å². The molecule has 0 amide bonds. The van der Waals surface area contributed by atoms with E-state index in [4.69, 9.17) is 25.7 Å². The summed E-state index contributed by atoms with van der Waals surface area (Å²) in [6.45, 7) is 0. The second kappa shape index (κ2) is 6.61. The molecule has 0 aliphatic carbocycles. The van der Waals surface area contributed by atoms with Crippen molar-refractivity contribution in [3.05, 3.63) is 30.3 Å². The molecule has 2 rings (SSSR count). The first kappa shape index (κ1) is 15.4. The fourth-order valence-electron chi connectivity index (χ4n) is 1.87. The number of nitrogen functional groups attached to an aromatic ring is 2. The number of hydrogen-bond donors (Lipinski definition) is 2. The van der Waals surface area contributed by atoms with Crippen LogP contribution in [0.3, 0.4) is 0 Å². The van der Waals surface area contributed by atoms with Gasteiger partial charge in [-0.05, 0) is 0 Å². The zero-order valence-electron chi connectivity index (χ0n) is 12.2. The topological polar surface area (TPSA) is 79.7 Å². The summed E-state index contributed by atoms with van der Waals surface area (Å²) >= 11 is 0.0641. The molecule has 6 heteroatoms. The molecule has 0 fully saturated rings. The summed E-state index contributed by atoms with van der Waals surface area (Å²) in [5.74, 6) is 1.89. The zero-order valence-corrected chi connectivity index (χ0v) is 13.9. The number of methoxy groups -OCH3 is 3. The van der Waals surface area contributed by atoms with Crippen molar-refractivity contribution in [1.29, 1.82) is 0 Å². The Kier molecular flexibility index (Phi) is 4.83. The third-order valence-corrected chi connectivity index (χ3v) is 4.95. The first-order valence-electron chi connectivity index (χ1n) is 6.22. The Morgan fingerprint density at radius 1 is 0.762 bits per heavy atom. The minimum absolute atomic E-state index is 0.0641. The van der Waals surface area contributed by atoms with E-state index in [1.165, 1.54) is 0 Å². The predicted molar refractivity (Wildman–Crippen MR) is 86.4 cm³/mol. The van der Waals surface area contributed by atoms with Crippen LogP contribution >= 0.6 is 0 Å². The molecule has 0 heterocycles. The SMILES string of the molecule is COc1cc([Se]c2ccc(N)c(N)c2)cc(OC)c1OC.